The fraction of sp³-hybridized carbons (Fsp3) is 0.421. The molecule has 3 rings (SSSR count). The molecule has 4 nitrogen and oxygen atoms in total. The fourth-order valence-corrected chi connectivity index (χ4v) is 3.34. The van der Waals surface area contributed by atoms with Crippen LogP contribution in [0.2, 0.25) is 0 Å². The summed E-state index contributed by atoms with van der Waals surface area (Å²) >= 11 is 0. The predicted octanol–water partition coefficient (Wildman–Crippen LogP) is 3.69. The van der Waals surface area contributed by atoms with Crippen LogP contribution in [0, 0.1) is 5.92 Å². The summed E-state index contributed by atoms with van der Waals surface area (Å²) in [5, 5.41) is 8.21. The highest BCUT2D eigenvalue weighted by molar-refractivity contribution is 6.01. The molecule has 2 N–H and O–H groups in total. The highest BCUT2D eigenvalue weighted by atomic mass is 16.2. The number of anilines is 1. The van der Waals surface area contributed by atoms with Gasteiger partial charge in [0.15, 0.2) is 0 Å². The van der Waals surface area contributed by atoms with Crippen LogP contribution < -0.4 is 10.6 Å². The second-order valence-corrected chi connectivity index (χ2v) is 6.32. The van der Waals surface area contributed by atoms with Crippen molar-refractivity contribution in [1.29, 1.82) is 0 Å². The molecule has 0 saturated carbocycles. The first-order valence-corrected chi connectivity index (χ1v) is 8.51. The molecular formula is C19H25N3O. The van der Waals surface area contributed by atoms with Gasteiger partial charge in [0.1, 0.15) is 0 Å². The van der Waals surface area contributed by atoms with Crippen molar-refractivity contribution < 1.29 is 4.79 Å². The van der Waals surface area contributed by atoms with Crippen LogP contribution in [0.25, 0.3) is 10.8 Å². The molecule has 23 heavy (non-hydrogen) atoms. The zero-order chi connectivity index (χ0) is 16.1. The fourth-order valence-electron chi connectivity index (χ4n) is 3.34. The van der Waals surface area contributed by atoms with Gasteiger partial charge in [-0.25, -0.2) is 4.79 Å². The van der Waals surface area contributed by atoms with Gasteiger partial charge in [0.05, 0.1) is 5.69 Å². The normalized spacial score (nSPS) is 18.2. The van der Waals surface area contributed by atoms with Gasteiger partial charge in [-0.15, -0.1) is 0 Å². The molecular weight excluding hydrogens is 286 g/mol. The Morgan fingerprint density at radius 2 is 2.04 bits per heavy atom. The van der Waals surface area contributed by atoms with E-state index in [4.69, 9.17) is 0 Å². The third-order valence-corrected chi connectivity index (χ3v) is 4.50. The van der Waals surface area contributed by atoms with E-state index in [1.165, 1.54) is 19.4 Å². The van der Waals surface area contributed by atoms with Gasteiger partial charge in [0, 0.05) is 18.5 Å². The van der Waals surface area contributed by atoms with Crippen molar-refractivity contribution in [2.45, 2.75) is 19.8 Å². The SMILES string of the molecule is CCCN1CCC(CNC(=O)Nc2cccc3ccccc23)C1. The van der Waals surface area contributed by atoms with Gasteiger partial charge in [-0.1, -0.05) is 43.3 Å². The number of hydrogen-bond acceptors (Lipinski definition) is 2. The van der Waals surface area contributed by atoms with Crippen LogP contribution in [-0.2, 0) is 0 Å². The predicted molar refractivity (Wildman–Crippen MR) is 95.8 cm³/mol. The van der Waals surface area contributed by atoms with Gasteiger partial charge in [-0.3, -0.25) is 0 Å². The van der Waals surface area contributed by atoms with Crippen molar-refractivity contribution in [2.24, 2.45) is 5.92 Å². The van der Waals surface area contributed by atoms with E-state index in [1.807, 2.05) is 30.3 Å². The molecule has 0 bridgehead atoms. The molecule has 1 atom stereocenters. The number of nitrogens with one attached hydrogen (secondary N) is 2. The first-order chi connectivity index (χ1) is 11.3. The number of carbonyl (C=O) groups is 1. The Hall–Kier alpha value is -2.07. The topological polar surface area (TPSA) is 44.4 Å². The van der Waals surface area contributed by atoms with Gasteiger partial charge in [-0.05, 0) is 43.3 Å². The molecule has 1 heterocycles. The third kappa shape index (κ3) is 4.02. The van der Waals surface area contributed by atoms with E-state index in [0.29, 0.717) is 5.92 Å². The first-order valence-electron chi connectivity index (χ1n) is 8.51. The summed E-state index contributed by atoms with van der Waals surface area (Å²) in [5.41, 5.74) is 0.861. The molecule has 1 aliphatic heterocycles. The van der Waals surface area contributed by atoms with E-state index >= 15 is 0 Å². The van der Waals surface area contributed by atoms with Crippen molar-refractivity contribution in [1.82, 2.24) is 10.2 Å². The first kappa shape index (κ1) is 15.8. The van der Waals surface area contributed by atoms with Crippen molar-refractivity contribution in [3.8, 4) is 0 Å². The van der Waals surface area contributed by atoms with Crippen molar-refractivity contribution >= 4 is 22.5 Å². The average Bonchev–Trinajstić information content (AvgIpc) is 3.01. The summed E-state index contributed by atoms with van der Waals surface area (Å²) in [6.07, 6.45) is 2.37. The second-order valence-electron chi connectivity index (χ2n) is 6.32. The van der Waals surface area contributed by atoms with E-state index in [9.17, 15) is 4.79 Å². The smallest absolute Gasteiger partial charge is 0.319 e. The quantitative estimate of drug-likeness (QED) is 0.884. The summed E-state index contributed by atoms with van der Waals surface area (Å²) in [6.45, 7) is 6.38. The number of fused-ring (bicyclic) bond motifs is 1. The average molecular weight is 311 g/mol. The highest BCUT2D eigenvalue weighted by Gasteiger charge is 2.21. The molecule has 122 valence electrons. The number of hydrogen-bond donors (Lipinski definition) is 2. The van der Waals surface area contributed by atoms with Crippen molar-refractivity contribution in [3.05, 3.63) is 42.5 Å². The van der Waals surface area contributed by atoms with Crippen LogP contribution in [0.3, 0.4) is 0 Å². The lowest BCUT2D eigenvalue weighted by Crippen LogP contribution is -2.34. The lowest BCUT2D eigenvalue weighted by atomic mass is 10.1. The molecule has 0 spiro atoms. The Balaban J connectivity index is 1.53. The molecule has 0 aromatic heterocycles. The minimum absolute atomic E-state index is 0.115. The summed E-state index contributed by atoms with van der Waals surface area (Å²) < 4.78 is 0. The van der Waals surface area contributed by atoms with Crippen molar-refractivity contribution in [3.63, 3.8) is 0 Å². The number of likely N-dealkylation sites (tertiary alicyclic amines) is 1. The Kier molecular flexibility index (Phi) is 5.13. The van der Waals surface area contributed by atoms with Gasteiger partial charge in [-0.2, -0.15) is 0 Å². The van der Waals surface area contributed by atoms with E-state index in [2.05, 4.69) is 34.6 Å². The third-order valence-electron chi connectivity index (χ3n) is 4.50. The van der Waals surface area contributed by atoms with Gasteiger partial charge < -0.3 is 15.5 Å². The lowest BCUT2D eigenvalue weighted by molar-refractivity contribution is 0.249. The molecule has 1 unspecified atom stereocenters. The van der Waals surface area contributed by atoms with Crippen LogP contribution in [0.5, 0.6) is 0 Å². The summed E-state index contributed by atoms with van der Waals surface area (Å²) in [6, 6.07) is 13.9. The number of urea groups is 1. The van der Waals surface area contributed by atoms with Gasteiger partial charge >= 0.3 is 6.03 Å². The summed E-state index contributed by atoms with van der Waals surface area (Å²) in [7, 11) is 0. The summed E-state index contributed by atoms with van der Waals surface area (Å²) in [5.74, 6) is 0.569. The monoisotopic (exact) mass is 311 g/mol. The molecule has 4 heteroatoms. The largest absolute Gasteiger partial charge is 0.338 e. The van der Waals surface area contributed by atoms with Crippen LogP contribution >= 0.6 is 0 Å². The van der Waals surface area contributed by atoms with Gasteiger partial charge in [0.2, 0.25) is 0 Å². The number of rotatable bonds is 5. The molecule has 2 amide bonds. The van der Waals surface area contributed by atoms with E-state index in [0.717, 1.165) is 36.1 Å². The maximum atomic E-state index is 12.2. The standard InChI is InChI=1S/C19H25N3O/c1-2-11-22-12-10-15(14-22)13-20-19(23)21-18-9-5-7-16-6-3-4-8-17(16)18/h3-9,15H,2,10-14H2,1H3,(H2,20,21,23). The number of amides is 2. The Morgan fingerprint density at radius 3 is 2.91 bits per heavy atom. The van der Waals surface area contributed by atoms with Crippen molar-refractivity contribution in [2.75, 3.05) is 31.5 Å². The van der Waals surface area contributed by atoms with E-state index in [-0.39, 0.29) is 6.03 Å². The maximum Gasteiger partial charge on any atom is 0.319 e. The summed E-state index contributed by atoms with van der Waals surface area (Å²) in [4.78, 5) is 14.7. The minimum atomic E-state index is -0.115. The minimum Gasteiger partial charge on any atom is -0.338 e. The van der Waals surface area contributed by atoms with Crippen LogP contribution in [-0.4, -0.2) is 37.1 Å². The van der Waals surface area contributed by atoms with Crippen LogP contribution in [0.4, 0.5) is 10.5 Å². The Bertz CT molecular complexity index is 665. The van der Waals surface area contributed by atoms with Crippen LogP contribution in [0.15, 0.2) is 42.5 Å². The Morgan fingerprint density at radius 1 is 1.22 bits per heavy atom. The molecule has 2 aromatic rings. The number of carbonyl (C=O) groups excluding carboxylic acids is 1. The van der Waals surface area contributed by atoms with Gasteiger partial charge in [0.25, 0.3) is 0 Å². The number of nitrogens with zero attached hydrogens (tertiary/aromatic N) is 1. The maximum absolute atomic E-state index is 12.2. The van der Waals surface area contributed by atoms with Crippen LogP contribution in [0.1, 0.15) is 19.8 Å². The lowest BCUT2D eigenvalue weighted by Gasteiger charge is -2.15. The zero-order valence-electron chi connectivity index (χ0n) is 13.7. The number of benzene rings is 2. The van der Waals surface area contributed by atoms with E-state index in [1.54, 1.807) is 0 Å². The zero-order valence-corrected chi connectivity index (χ0v) is 13.7. The molecule has 1 aliphatic rings. The second kappa shape index (κ2) is 7.47. The molecule has 2 aromatic carbocycles. The molecule has 1 saturated heterocycles. The highest BCUT2D eigenvalue weighted by Crippen LogP contribution is 2.22. The molecule has 1 fully saturated rings. The molecule has 0 radical (unpaired) electrons. The Labute approximate surface area is 137 Å². The molecule has 0 aliphatic carbocycles. The van der Waals surface area contributed by atoms with E-state index < -0.39 is 0 Å².